The van der Waals surface area contributed by atoms with Crippen LogP contribution in [0.25, 0.3) is 0 Å². The Morgan fingerprint density at radius 3 is 2.85 bits per heavy atom. The molecule has 0 saturated carbocycles. The van der Waals surface area contributed by atoms with Crippen molar-refractivity contribution in [2.75, 3.05) is 26.4 Å². The molecule has 2 rings (SSSR count). The van der Waals surface area contributed by atoms with Crippen LogP contribution in [0.2, 0.25) is 5.02 Å². The van der Waals surface area contributed by atoms with Crippen LogP contribution in [0, 0.1) is 0 Å². The minimum atomic E-state index is -3.70. The normalized spacial score (nSPS) is 21.1. The number of morpholine rings is 1. The second-order valence-corrected chi connectivity index (χ2v) is 6.78. The molecule has 0 radical (unpaired) electrons. The van der Waals surface area contributed by atoms with Crippen molar-refractivity contribution in [3.8, 4) is 0 Å². The third kappa shape index (κ3) is 2.98. The fraction of sp³-hybridized carbons (Fsp3) is 0.500. The summed E-state index contributed by atoms with van der Waals surface area (Å²) >= 11 is 6.01. The van der Waals surface area contributed by atoms with Crippen molar-refractivity contribution in [3.05, 3.63) is 28.8 Å². The van der Waals surface area contributed by atoms with E-state index in [1.54, 1.807) is 6.07 Å². The third-order valence-electron chi connectivity index (χ3n) is 3.24. The van der Waals surface area contributed by atoms with Crippen molar-refractivity contribution >= 4 is 21.6 Å². The molecular formula is C12H17ClN2O4S. The Labute approximate surface area is 123 Å². The van der Waals surface area contributed by atoms with E-state index in [1.807, 2.05) is 0 Å². The number of hydrogen-bond donors (Lipinski definition) is 2. The summed E-state index contributed by atoms with van der Waals surface area (Å²) < 4.78 is 31.6. The first-order chi connectivity index (χ1) is 9.50. The highest BCUT2D eigenvalue weighted by atomic mass is 35.5. The SMILES string of the molecule is NCc1ccc(S(=O)(=O)N2CCOCC2CO)cc1Cl. The van der Waals surface area contributed by atoms with E-state index >= 15 is 0 Å². The number of ether oxygens (including phenoxy) is 1. The number of nitrogens with two attached hydrogens (primary N) is 1. The van der Waals surface area contributed by atoms with Crippen LogP contribution in [0.4, 0.5) is 0 Å². The second-order valence-electron chi connectivity index (χ2n) is 4.48. The molecule has 1 atom stereocenters. The summed E-state index contributed by atoms with van der Waals surface area (Å²) in [5.74, 6) is 0. The minimum absolute atomic E-state index is 0.0973. The monoisotopic (exact) mass is 320 g/mol. The number of halogens is 1. The van der Waals surface area contributed by atoms with Crippen LogP contribution in [-0.2, 0) is 21.3 Å². The van der Waals surface area contributed by atoms with Gasteiger partial charge in [-0.15, -0.1) is 0 Å². The van der Waals surface area contributed by atoms with Gasteiger partial charge in [-0.2, -0.15) is 4.31 Å². The number of nitrogens with zero attached hydrogens (tertiary/aromatic N) is 1. The molecule has 6 nitrogen and oxygen atoms in total. The van der Waals surface area contributed by atoms with Gasteiger partial charge in [0.15, 0.2) is 0 Å². The average molecular weight is 321 g/mol. The van der Waals surface area contributed by atoms with E-state index in [-0.39, 0.29) is 31.2 Å². The van der Waals surface area contributed by atoms with Crippen molar-refractivity contribution in [2.45, 2.75) is 17.5 Å². The molecule has 0 bridgehead atoms. The van der Waals surface area contributed by atoms with E-state index in [1.165, 1.54) is 16.4 Å². The van der Waals surface area contributed by atoms with Crippen molar-refractivity contribution in [1.82, 2.24) is 4.31 Å². The molecule has 1 aliphatic heterocycles. The van der Waals surface area contributed by atoms with Crippen molar-refractivity contribution in [3.63, 3.8) is 0 Å². The molecule has 1 aromatic carbocycles. The molecule has 1 saturated heterocycles. The summed E-state index contributed by atoms with van der Waals surface area (Å²) in [6, 6.07) is 3.90. The number of aliphatic hydroxyl groups excluding tert-OH is 1. The van der Waals surface area contributed by atoms with E-state index < -0.39 is 16.1 Å². The average Bonchev–Trinajstić information content (AvgIpc) is 2.47. The first-order valence-corrected chi connectivity index (χ1v) is 8.01. The molecule has 0 aromatic heterocycles. The Balaban J connectivity index is 2.36. The first-order valence-electron chi connectivity index (χ1n) is 6.19. The minimum Gasteiger partial charge on any atom is -0.395 e. The largest absolute Gasteiger partial charge is 0.395 e. The van der Waals surface area contributed by atoms with Crippen LogP contribution in [0.5, 0.6) is 0 Å². The van der Waals surface area contributed by atoms with Gasteiger partial charge in [-0.25, -0.2) is 8.42 Å². The van der Waals surface area contributed by atoms with E-state index in [9.17, 15) is 13.5 Å². The van der Waals surface area contributed by atoms with E-state index in [0.717, 1.165) is 0 Å². The topological polar surface area (TPSA) is 92.9 Å². The fourth-order valence-corrected chi connectivity index (χ4v) is 4.02. The van der Waals surface area contributed by atoms with Crippen LogP contribution in [0.3, 0.4) is 0 Å². The molecule has 0 amide bonds. The quantitative estimate of drug-likeness (QED) is 0.825. The Bertz CT molecular complexity index is 579. The number of aliphatic hydroxyl groups is 1. The van der Waals surface area contributed by atoms with E-state index in [0.29, 0.717) is 17.2 Å². The van der Waals surface area contributed by atoms with E-state index in [4.69, 9.17) is 22.1 Å². The van der Waals surface area contributed by atoms with Crippen molar-refractivity contribution in [2.24, 2.45) is 5.73 Å². The van der Waals surface area contributed by atoms with E-state index in [2.05, 4.69) is 0 Å². The van der Waals surface area contributed by atoms with Gasteiger partial charge >= 0.3 is 0 Å². The van der Waals surface area contributed by atoms with Gasteiger partial charge in [0.2, 0.25) is 10.0 Å². The lowest BCUT2D eigenvalue weighted by atomic mass is 10.2. The van der Waals surface area contributed by atoms with Gasteiger partial charge in [0.25, 0.3) is 0 Å². The molecule has 1 aliphatic rings. The summed E-state index contributed by atoms with van der Waals surface area (Å²) in [5.41, 5.74) is 6.19. The highest BCUT2D eigenvalue weighted by Crippen LogP contribution is 2.25. The summed E-state index contributed by atoms with van der Waals surface area (Å²) in [7, 11) is -3.70. The molecule has 20 heavy (non-hydrogen) atoms. The van der Waals surface area contributed by atoms with Crippen molar-refractivity contribution in [1.29, 1.82) is 0 Å². The Hall–Kier alpha value is -0.700. The van der Waals surface area contributed by atoms with Gasteiger partial charge in [0.1, 0.15) is 0 Å². The molecule has 3 N–H and O–H groups in total. The van der Waals surface area contributed by atoms with Crippen LogP contribution in [0.15, 0.2) is 23.1 Å². The second kappa shape index (κ2) is 6.38. The zero-order valence-electron chi connectivity index (χ0n) is 10.8. The molecule has 0 spiro atoms. The summed E-state index contributed by atoms with van der Waals surface area (Å²) in [5, 5.41) is 9.60. The highest BCUT2D eigenvalue weighted by molar-refractivity contribution is 7.89. The van der Waals surface area contributed by atoms with Gasteiger partial charge in [0.05, 0.1) is 30.8 Å². The Morgan fingerprint density at radius 2 is 2.25 bits per heavy atom. The molecule has 0 aliphatic carbocycles. The standard InChI is InChI=1S/C12H17ClN2O4S/c13-12-5-11(2-1-9(12)6-14)20(17,18)15-3-4-19-8-10(15)7-16/h1-2,5,10,16H,3-4,6-8,14H2. The van der Waals surface area contributed by atoms with Crippen LogP contribution in [0.1, 0.15) is 5.56 Å². The van der Waals surface area contributed by atoms with Gasteiger partial charge < -0.3 is 15.6 Å². The first kappa shape index (κ1) is 15.7. The maximum Gasteiger partial charge on any atom is 0.243 e. The van der Waals surface area contributed by atoms with Gasteiger partial charge in [0, 0.05) is 18.1 Å². The lowest BCUT2D eigenvalue weighted by Crippen LogP contribution is -2.50. The smallest absolute Gasteiger partial charge is 0.243 e. The van der Waals surface area contributed by atoms with Crippen molar-refractivity contribution < 1.29 is 18.3 Å². The Kier molecular flexibility index (Phi) is 5.00. The zero-order valence-corrected chi connectivity index (χ0v) is 12.4. The maximum absolute atomic E-state index is 12.6. The number of hydrogen-bond acceptors (Lipinski definition) is 5. The molecule has 1 fully saturated rings. The molecule has 112 valence electrons. The molecular weight excluding hydrogens is 304 g/mol. The lowest BCUT2D eigenvalue weighted by Gasteiger charge is -2.33. The Morgan fingerprint density at radius 1 is 1.50 bits per heavy atom. The number of sulfonamides is 1. The molecule has 1 unspecified atom stereocenters. The zero-order chi connectivity index (χ0) is 14.8. The predicted octanol–water partition coefficient (Wildman–Crippen LogP) is 0.181. The van der Waals surface area contributed by atoms with Gasteiger partial charge in [-0.3, -0.25) is 0 Å². The number of benzene rings is 1. The van der Waals surface area contributed by atoms with Crippen LogP contribution in [-0.4, -0.2) is 50.2 Å². The molecule has 1 aromatic rings. The van der Waals surface area contributed by atoms with Gasteiger partial charge in [-0.05, 0) is 17.7 Å². The third-order valence-corrected chi connectivity index (χ3v) is 5.53. The van der Waals surface area contributed by atoms with Gasteiger partial charge in [-0.1, -0.05) is 17.7 Å². The van der Waals surface area contributed by atoms with Crippen LogP contribution >= 0.6 is 11.6 Å². The number of rotatable bonds is 4. The maximum atomic E-state index is 12.6. The summed E-state index contributed by atoms with van der Waals surface area (Å²) in [6.07, 6.45) is 0. The highest BCUT2D eigenvalue weighted by Gasteiger charge is 2.33. The summed E-state index contributed by atoms with van der Waals surface area (Å²) in [6.45, 7) is 0.669. The summed E-state index contributed by atoms with van der Waals surface area (Å²) in [4.78, 5) is 0.0973. The fourth-order valence-electron chi connectivity index (χ4n) is 2.09. The molecule has 8 heteroatoms. The predicted molar refractivity (Wildman–Crippen MR) is 74.9 cm³/mol. The molecule has 1 heterocycles. The lowest BCUT2D eigenvalue weighted by molar-refractivity contribution is 0.0109. The van der Waals surface area contributed by atoms with Crippen LogP contribution < -0.4 is 5.73 Å².